The lowest BCUT2D eigenvalue weighted by Crippen LogP contribution is -2.23. The third kappa shape index (κ3) is 3.10. The molecule has 0 aliphatic heterocycles. The Labute approximate surface area is 123 Å². The molecule has 1 nitrogen and oxygen atoms in total. The van der Waals surface area contributed by atoms with Gasteiger partial charge in [0.2, 0.25) is 0 Å². The number of benzene rings is 2. The molecule has 2 aromatic rings. The van der Waals surface area contributed by atoms with Gasteiger partial charge in [-0.25, -0.2) is 0 Å². The molecule has 0 aromatic heterocycles. The molecule has 2 rings (SSSR count). The Kier molecular flexibility index (Phi) is 4.61. The predicted molar refractivity (Wildman–Crippen MR) is 87.4 cm³/mol. The molecule has 0 fully saturated rings. The van der Waals surface area contributed by atoms with Crippen LogP contribution in [0.5, 0.6) is 0 Å². The number of nitrogens with one attached hydrogen (secondary N) is 1. The van der Waals surface area contributed by atoms with E-state index in [0.717, 1.165) is 6.54 Å². The summed E-state index contributed by atoms with van der Waals surface area (Å²) in [6.07, 6.45) is 0. The van der Waals surface area contributed by atoms with Gasteiger partial charge in [0.1, 0.15) is 0 Å². The normalized spacial score (nSPS) is 12.4. The third-order valence-electron chi connectivity index (χ3n) is 3.94. The van der Waals surface area contributed by atoms with Crippen LogP contribution in [0.4, 0.5) is 0 Å². The smallest absolute Gasteiger partial charge is 0.0579 e. The lowest BCUT2D eigenvalue weighted by Gasteiger charge is -2.23. The van der Waals surface area contributed by atoms with E-state index in [-0.39, 0.29) is 6.04 Å². The molecule has 0 spiro atoms. The molecule has 0 radical (unpaired) electrons. The van der Waals surface area contributed by atoms with E-state index >= 15 is 0 Å². The van der Waals surface area contributed by atoms with Crippen molar-refractivity contribution in [2.24, 2.45) is 0 Å². The van der Waals surface area contributed by atoms with Gasteiger partial charge in [-0.15, -0.1) is 0 Å². The van der Waals surface area contributed by atoms with Gasteiger partial charge in [-0.2, -0.15) is 0 Å². The Morgan fingerprint density at radius 2 is 1.60 bits per heavy atom. The van der Waals surface area contributed by atoms with Gasteiger partial charge in [0, 0.05) is 0 Å². The summed E-state index contributed by atoms with van der Waals surface area (Å²) in [6.45, 7) is 11.9. The van der Waals surface area contributed by atoms with E-state index in [1.807, 2.05) is 0 Å². The molecule has 106 valence electrons. The summed E-state index contributed by atoms with van der Waals surface area (Å²) >= 11 is 0. The zero-order chi connectivity index (χ0) is 14.7. The van der Waals surface area contributed by atoms with Crippen molar-refractivity contribution in [1.29, 1.82) is 0 Å². The second-order valence-corrected chi connectivity index (χ2v) is 5.70. The van der Waals surface area contributed by atoms with Gasteiger partial charge in [0.25, 0.3) is 0 Å². The molecule has 20 heavy (non-hydrogen) atoms. The molecule has 0 saturated heterocycles. The zero-order valence-electron chi connectivity index (χ0n) is 13.2. The van der Waals surface area contributed by atoms with Crippen LogP contribution in [-0.4, -0.2) is 6.54 Å². The van der Waals surface area contributed by atoms with Crippen molar-refractivity contribution in [2.45, 2.75) is 40.7 Å². The molecule has 0 amide bonds. The fourth-order valence-corrected chi connectivity index (χ4v) is 2.87. The van der Waals surface area contributed by atoms with Crippen molar-refractivity contribution in [3.63, 3.8) is 0 Å². The molecular formula is C19H25N. The average molecular weight is 267 g/mol. The van der Waals surface area contributed by atoms with E-state index < -0.39 is 0 Å². The van der Waals surface area contributed by atoms with Crippen molar-refractivity contribution in [2.75, 3.05) is 6.54 Å². The maximum absolute atomic E-state index is 3.64. The highest BCUT2D eigenvalue weighted by atomic mass is 14.9. The molecule has 2 aromatic carbocycles. The van der Waals surface area contributed by atoms with Gasteiger partial charge in [0.15, 0.2) is 0 Å². The minimum absolute atomic E-state index is 0.276. The van der Waals surface area contributed by atoms with Crippen LogP contribution in [0.3, 0.4) is 0 Å². The molecule has 0 saturated carbocycles. The molecule has 0 bridgehead atoms. The van der Waals surface area contributed by atoms with Crippen molar-refractivity contribution in [3.8, 4) is 0 Å². The minimum Gasteiger partial charge on any atom is -0.307 e. The van der Waals surface area contributed by atoms with E-state index in [9.17, 15) is 0 Å². The van der Waals surface area contributed by atoms with Gasteiger partial charge in [-0.1, -0.05) is 54.4 Å². The molecule has 1 atom stereocenters. The van der Waals surface area contributed by atoms with E-state index in [0.29, 0.717) is 0 Å². The van der Waals surface area contributed by atoms with Crippen LogP contribution in [0, 0.1) is 27.7 Å². The first-order chi connectivity index (χ1) is 9.52. The van der Waals surface area contributed by atoms with Gasteiger partial charge in [-0.05, 0) is 56.5 Å². The SMILES string of the molecule is CCNC(c1cc(C)cc(C)c1)c1cccc(C)c1C. The number of aryl methyl sites for hydroxylation is 3. The van der Waals surface area contributed by atoms with Crippen molar-refractivity contribution < 1.29 is 0 Å². The van der Waals surface area contributed by atoms with E-state index in [4.69, 9.17) is 0 Å². The number of hydrogen-bond donors (Lipinski definition) is 1. The summed E-state index contributed by atoms with van der Waals surface area (Å²) < 4.78 is 0. The van der Waals surface area contributed by atoms with E-state index in [2.05, 4.69) is 76.3 Å². The van der Waals surface area contributed by atoms with Gasteiger partial charge >= 0.3 is 0 Å². The molecule has 1 heteroatoms. The molecule has 1 unspecified atom stereocenters. The standard InChI is InChI=1S/C19H25N/c1-6-20-19(17-11-13(2)10-14(3)12-17)18-9-7-8-15(4)16(18)5/h7-12,19-20H,6H2,1-5H3. The van der Waals surface area contributed by atoms with Crippen LogP contribution in [-0.2, 0) is 0 Å². The topological polar surface area (TPSA) is 12.0 Å². The third-order valence-corrected chi connectivity index (χ3v) is 3.94. The molecule has 0 aliphatic carbocycles. The first kappa shape index (κ1) is 14.8. The maximum atomic E-state index is 3.64. The van der Waals surface area contributed by atoms with Crippen LogP contribution < -0.4 is 5.32 Å². The summed E-state index contributed by atoms with van der Waals surface area (Å²) in [5.41, 5.74) is 8.14. The summed E-state index contributed by atoms with van der Waals surface area (Å²) in [7, 11) is 0. The summed E-state index contributed by atoms with van der Waals surface area (Å²) in [6, 6.07) is 13.7. The fraction of sp³-hybridized carbons (Fsp3) is 0.368. The molecule has 0 aliphatic rings. The molecule has 1 N–H and O–H groups in total. The maximum Gasteiger partial charge on any atom is 0.0579 e. The Balaban J connectivity index is 2.53. The predicted octanol–water partition coefficient (Wildman–Crippen LogP) is 4.62. The minimum atomic E-state index is 0.276. The van der Waals surface area contributed by atoms with Gasteiger partial charge < -0.3 is 5.32 Å². The highest BCUT2D eigenvalue weighted by molar-refractivity contribution is 5.42. The quantitative estimate of drug-likeness (QED) is 0.852. The van der Waals surface area contributed by atoms with Crippen LogP contribution in [0.2, 0.25) is 0 Å². The van der Waals surface area contributed by atoms with Gasteiger partial charge in [-0.3, -0.25) is 0 Å². The van der Waals surface area contributed by atoms with Crippen molar-refractivity contribution in [3.05, 3.63) is 69.8 Å². The largest absolute Gasteiger partial charge is 0.307 e. The first-order valence-corrected chi connectivity index (χ1v) is 7.40. The Hall–Kier alpha value is -1.60. The summed E-state index contributed by atoms with van der Waals surface area (Å²) in [5, 5.41) is 3.64. The lowest BCUT2D eigenvalue weighted by atomic mass is 9.91. The van der Waals surface area contributed by atoms with E-state index in [1.54, 1.807) is 0 Å². The zero-order valence-corrected chi connectivity index (χ0v) is 13.2. The van der Waals surface area contributed by atoms with Crippen molar-refractivity contribution in [1.82, 2.24) is 5.32 Å². The van der Waals surface area contributed by atoms with Crippen LogP contribution in [0.15, 0.2) is 36.4 Å². The number of hydrogen-bond acceptors (Lipinski definition) is 1. The fourth-order valence-electron chi connectivity index (χ4n) is 2.87. The Bertz CT molecular complexity index is 578. The van der Waals surface area contributed by atoms with Gasteiger partial charge in [0.05, 0.1) is 6.04 Å². The summed E-state index contributed by atoms with van der Waals surface area (Å²) in [5.74, 6) is 0. The molecule has 0 heterocycles. The second-order valence-electron chi connectivity index (χ2n) is 5.70. The van der Waals surface area contributed by atoms with Crippen molar-refractivity contribution >= 4 is 0 Å². The highest BCUT2D eigenvalue weighted by Crippen LogP contribution is 2.27. The monoisotopic (exact) mass is 267 g/mol. The first-order valence-electron chi connectivity index (χ1n) is 7.40. The average Bonchev–Trinajstić information content (AvgIpc) is 2.38. The lowest BCUT2D eigenvalue weighted by molar-refractivity contribution is 0.626. The summed E-state index contributed by atoms with van der Waals surface area (Å²) in [4.78, 5) is 0. The Morgan fingerprint density at radius 1 is 0.950 bits per heavy atom. The van der Waals surface area contributed by atoms with Crippen LogP contribution in [0.1, 0.15) is 46.3 Å². The number of rotatable bonds is 4. The Morgan fingerprint density at radius 3 is 2.20 bits per heavy atom. The van der Waals surface area contributed by atoms with E-state index in [1.165, 1.54) is 33.4 Å². The molecular weight excluding hydrogens is 242 g/mol. The highest BCUT2D eigenvalue weighted by Gasteiger charge is 2.16. The van der Waals surface area contributed by atoms with Crippen LogP contribution in [0.25, 0.3) is 0 Å². The van der Waals surface area contributed by atoms with Crippen LogP contribution >= 0.6 is 0 Å². The second kappa shape index (κ2) is 6.23.